The lowest BCUT2D eigenvalue weighted by atomic mass is 10.0. The summed E-state index contributed by atoms with van der Waals surface area (Å²) in [6.45, 7) is 4.81. The second-order valence-corrected chi connectivity index (χ2v) is 8.02. The first-order valence-electron chi connectivity index (χ1n) is 10.8. The standard InChI is InChI=1S/C22H28N4O6/c1-13(2)32-12-18(28)24-11-4-3-10-23-15-7-5-6-14-19(15)22(31)26(21(14)30)16-8-9-17(27)25-20(16)29/h5-7,13,16,23H,3-4,8-12H2,1-2H3,(H,24,28)(H,25,27,29). The van der Waals surface area contributed by atoms with Crippen LogP contribution in [0.4, 0.5) is 5.69 Å². The van der Waals surface area contributed by atoms with Gasteiger partial charge in [-0.3, -0.25) is 34.2 Å². The molecule has 0 aliphatic carbocycles. The van der Waals surface area contributed by atoms with Gasteiger partial charge in [-0.05, 0) is 45.2 Å². The summed E-state index contributed by atoms with van der Waals surface area (Å²) in [5.41, 5.74) is 0.994. The van der Waals surface area contributed by atoms with E-state index < -0.39 is 29.7 Å². The number of piperidine rings is 1. The molecular weight excluding hydrogens is 416 g/mol. The molecule has 1 aromatic rings. The van der Waals surface area contributed by atoms with Gasteiger partial charge in [0.25, 0.3) is 11.8 Å². The SMILES string of the molecule is CC(C)OCC(=O)NCCCCNc1cccc2c1C(=O)N(C1CCC(=O)NC1=O)C2=O. The van der Waals surface area contributed by atoms with E-state index in [1.165, 1.54) is 0 Å². The molecule has 5 amide bonds. The molecule has 1 saturated heterocycles. The van der Waals surface area contributed by atoms with Gasteiger partial charge in [0.15, 0.2) is 0 Å². The van der Waals surface area contributed by atoms with E-state index in [0.717, 1.165) is 17.7 Å². The lowest BCUT2D eigenvalue weighted by Gasteiger charge is -2.27. The molecular formula is C22H28N4O6. The van der Waals surface area contributed by atoms with Gasteiger partial charge < -0.3 is 15.4 Å². The van der Waals surface area contributed by atoms with Crippen molar-refractivity contribution in [1.29, 1.82) is 0 Å². The quantitative estimate of drug-likeness (QED) is 0.359. The van der Waals surface area contributed by atoms with Crippen molar-refractivity contribution in [2.75, 3.05) is 25.0 Å². The van der Waals surface area contributed by atoms with Crippen LogP contribution in [0.15, 0.2) is 18.2 Å². The number of rotatable bonds is 10. The topological polar surface area (TPSA) is 134 Å². The Bertz CT molecular complexity index is 929. The van der Waals surface area contributed by atoms with Crippen LogP contribution in [0.2, 0.25) is 0 Å². The molecule has 0 saturated carbocycles. The van der Waals surface area contributed by atoms with Crippen LogP contribution in [-0.2, 0) is 19.1 Å². The third-order valence-corrected chi connectivity index (χ3v) is 5.26. The number of carbonyl (C=O) groups excluding carboxylic acids is 5. The van der Waals surface area contributed by atoms with Crippen molar-refractivity contribution in [3.05, 3.63) is 29.3 Å². The summed E-state index contributed by atoms with van der Waals surface area (Å²) in [4.78, 5) is 62.0. The molecule has 172 valence electrons. The van der Waals surface area contributed by atoms with Gasteiger partial charge >= 0.3 is 0 Å². The van der Waals surface area contributed by atoms with Crippen LogP contribution in [0.3, 0.4) is 0 Å². The van der Waals surface area contributed by atoms with E-state index in [4.69, 9.17) is 4.74 Å². The average Bonchev–Trinajstić information content (AvgIpc) is 3.00. The van der Waals surface area contributed by atoms with Gasteiger partial charge in [-0.1, -0.05) is 6.07 Å². The van der Waals surface area contributed by atoms with Crippen molar-refractivity contribution in [2.24, 2.45) is 0 Å². The number of nitrogens with zero attached hydrogens (tertiary/aromatic N) is 1. The highest BCUT2D eigenvalue weighted by molar-refractivity contribution is 6.25. The minimum Gasteiger partial charge on any atom is -0.384 e. The Morgan fingerprint density at radius 3 is 2.62 bits per heavy atom. The second kappa shape index (κ2) is 10.4. The molecule has 1 atom stereocenters. The van der Waals surface area contributed by atoms with E-state index in [9.17, 15) is 24.0 Å². The minimum absolute atomic E-state index is 0.00180. The van der Waals surface area contributed by atoms with Crippen LogP contribution in [0, 0.1) is 0 Å². The van der Waals surface area contributed by atoms with Crippen LogP contribution in [0.1, 0.15) is 60.2 Å². The molecule has 1 fully saturated rings. The van der Waals surface area contributed by atoms with Crippen molar-refractivity contribution in [1.82, 2.24) is 15.5 Å². The number of nitrogens with one attached hydrogen (secondary N) is 3. The molecule has 2 aliphatic heterocycles. The maximum atomic E-state index is 13.0. The van der Waals surface area contributed by atoms with Gasteiger partial charge in [0.2, 0.25) is 17.7 Å². The Morgan fingerprint density at radius 2 is 1.91 bits per heavy atom. The summed E-state index contributed by atoms with van der Waals surface area (Å²) in [5, 5.41) is 8.14. The highest BCUT2D eigenvalue weighted by atomic mass is 16.5. The third-order valence-electron chi connectivity index (χ3n) is 5.26. The molecule has 32 heavy (non-hydrogen) atoms. The highest BCUT2D eigenvalue weighted by Gasteiger charge is 2.45. The fourth-order valence-corrected chi connectivity index (χ4v) is 3.66. The van der Waals surface area contributed by atoms with Gasteiger partial charge in [-0.2, -0.15) is 0 Å². The monoisotopic (exact) mass is 444 g/mol. The lowest BCUT2D eigenvalue weighted by molar-refractivity contribution is -0.136. The first kappa shape index (κ1) is 23.4. The average molecular weight is 444 g/mol. The number of ether oxygens (including phenoxy) is 1. The number of benzene rings is 1. The summed E-state index contributed by atoms with van der Waals surface area (Å²) < 4.78 is 5.24. The molecule has 3 N–H and O–H groups in total. The number of hydrogen-bond donors (Lipinski definition) is 3. The van der Waals surface area contributed by atoms with Gasteiger partial charge in [-0.15, -0.1) is 0 Å². The maximum absolute atomic E-state index is 13.0. The van der Waals surface area contributed by atoms with E-state index >= 15 is 0 Å². The van der Waals surface area contributed by atoms with Crippen molar-refractivity contribution >= 4 is 35.2 Å². The summed E-state index contributed by atoms with van der Waals surface area (Å²) >= 11 is 0. The summed E-state index contributed by atoms with van der Waals surface area (Å²) in [5.74, 6) is -2.28. The largest absolute Gasteiger partial charge is 0.384 e. The number of anilines is 1. The number of carbonyl (C=O) groups is 5. The lowest BCUT2D eigenvalue weighted by Crippen LogP contribution is -2.54. The van der Waals surface area contributed by atoms with Crippen LogP contribution in [0.25, 0.3) is 0 Å². The highest BCUT2D eigenvalue weighted by Crippen LogP contribution is 2.32. The molecule has 10 nitrogen and oxygen atoms in total. The first-order chi connectivity index (χ1) is 15.3. The first-order valence-corrected chi connectivity index (χ1v) is 10.8. The number of imide groups is 2. The fraction of sp³-hybridized carbons (Fsp3) is 0.500. The van der Waals surface area contributed by atoms with Gasteiger partial charge in [-0.25, -0.2) is 0 Å². The van der Waals surface area contributed by atoms with E-state index in [1.807, 2.05) is 13.8 Å². The molecule has 1 unspecified atom stereocenters. The molecule has 0 radical (unpaired) electrons. The molecule has 10 heteroatoms. The van der Waals surface area contributed by atoms with Crippen LogP contribution in [-0.4, -0.2) is 66.3 Å². The molecule has 0 aromatic heterocycles. The van der Waals surface area contributed by atoms with Crippen molar-refractivity contribution < 1.29 is 28.7 Å². The smallest absolute Gasteiger partial charge is 0.264 e. The summed E-state index contributed by atoms with van der Waals surface area (Å²) in [6, 6.07) is 3.95. The van der Waals surface area contributed by atoms with Crippen LogP contribution >= 0.6 is 0 Å². The zero-order valence-electron chi connectivity index (χ0n) is 18.2. The number of unbranched alkanes of at least 4 members (excludes halogenated alkanes) is 1. The summed E-state index contributed by atoms with van der Waals surface area (Å²) in [6.07, 6.45) is 1.65. The molecule has 0 spiro atoms. The molecule has 2 heterocycles. The second-order valence-electron chi connectivity index (χ2n) is 8.02. The zero-order chi connectivity index (χ0) is 23.3. The Balaban J connectivity index is 1.53. The third kappa shape index (κ3) is 5.31. The molecule has 3 rings (SSSR count). The minimum atomic E-state index is -0.990. The zero-order valence-corrected chi connectivity index (χ0v) is 18.2. The Kier molecular flexibility index (Phi) is 7.57. The maximum Gasteiger partial charge on any atom is 0.264 e. The molecule has 1 aromatic carbocycles. The van der Waals surface area contributed by atoms with Crippen molar-refractivity contribution in [3.63, 3.8) is 0 Å². The number of fused-ring (bicyclic) bond motifs is 1. The number of amides is 5. The van der Waals surface area contributed by atoms with Gasteiger partial charge in [0.05, 0.1) is 17.2 Å². The Labute approximate surface area is 186 Å². The summed E-state index contributed by atoms with van der Waals surface area (Å²) in [7, 11) is 0. The fourth-order valence-electron chi connectivity index (χ4n) is 3.66. The van der Waals surface area contributed by atoms with E-state index in [1.54, 1.807) is 18.2 Å². The Morgan fingerprint density at radius 1 is 1.16 bits per heavy atom. The van der Waals surface area contributed by atoms with Crippen molar-refractivity contribution in [3.8, 4) is 0 Å². The number of hydrogen-bond acceptors (Lipinski definition) is 7. The van der Waals surface area contributed by atoms with Crippen LogP contribution < -0.4 is 16.0 Å². The van der Waals surface area contributed by atoms with E-state index in [0.29, 0.717) is 18.8 Å². The van der Waals surface area contributed by atoms with Gasteiger partial charge in [0, 0.05) is 25.2 Å². The Hall–Kier alpha value is -3.27. The normalized spacial score (nSPS) is 18.1. The predicted octanol–water partition coefficient (Wildman–Crippen LogP) is 0.821. The van der Waals surface area contributed by atoms with E-state index in [-0.39, 0.29) is 42.6 Å². The predicted molar refractivity (Wildman–Crippen MR) is 115 cm³/mol. The van der Waals surface area contributed by atoms with Crippen molar-refractivity contribution in [2.45, 2.75) is 51.7 Å². The van der Waals surface area contributed by atoms with E-state index in [2.05, 4.69) is 16.0 Å². The molecule has 2 aliphatic rings. The molecule has 0 bridgehead atoms. The van der Waals surface area contributed by atoms with Crippen LogP contribution in [0.5, 0.6) is 0 Å². The van der Waals surface area contributed by atoms with Gasteiger partial charge in [0.1, 0.15) is 12.6 Å².